The van der Waals surface area contributed by atoms with E-state index in [0.29, 0.717) is 18.2 Å². The first-order valence-corrected chi connectivity index (χ1v) is 4.82. The van der Waals surface area contributed by atoms with Crippen molar-refractivity contribution in [2.45, 2.75) is 26.7 Å². The summed E-state index contributed by atoms with van der Waals surface area (Å²) < 4.78 is 0. The van der Waals surface area contributed by atoms with Crippen molar-refractivity contribution < 1.29 is 9.90 Å². The van der Waals surface area contributed by atoms with Gasteiger partial charge in [-0.15, -0.1) is 0 Å². The Morgan fingerprint density at radius 2 is 2.27 bits per heavy atom. The van der Waals surface area contributed by atoms with Gasteiger partial charge in [-0.05, 0) is 12.3 Å². The highest BCUT2D eigenvalue weighted by Crippen LogP contribution is 2.03. The van der Waals surface area contributed by atoms with E-state index >= 15 is 0 Å². The highest BCUT2D eigenvalue weighted by Gasteiger charge is 2.09. The highest BCUT2D eigenvalue weighted by molar-refractivity contribution is 5.86. The molecule has 0 saturated heterocycles. The minimum Gasteiger partial charge on any atom is -0.477 e. The Kier molecular flexibility index (Phi) is 3.60. The summed E-state index contributed by atoms with van der Waals surface area (Å²) in [6, 6.07) is 0. The molecule has 1 rings (SSSR count). The maximum atomic E-state index is 11.2. The van der Waals surface area contributed by atoms with Gasteiger partial charge < -0.3 is 10.1 Å². The van der Waals surface area contributed by atoms with Gasteiger partial charge in [-0.2, -0.15) is 0 Å². The van der Waals surface area contributed by atoms with E-state index in [4.69, 9.17) is 5.11 Å². The molecule has 0 amide bonds. The van der Waals surface area contributed by atoms with E-state index in [1.54, 1.807) is 0 Å². The van der Waals surface area contributed by atoms with E-state index in [9.17, 15) is 9.59 Å². The second-order valence-electron chi connectivity index (χ2n) is 3.81. The molecule has 0 atom stereocenters. The van der Waals surface area contributed by atoms with E-state index in [0.717, 1.165) is 12.6 Å². The molecular formula is C10H14N2O3. The first-order chi connectivity index (χ1) is 7.00. The lowest BCUT2D eigenvalue weighted by Crippen LogP contribution is -2.20. The first kappa shape index (κ1) is 11.4. The Hall–Kier alpha value is -1.65. The second-order valence-corrected chi connectivity index (χ2v) is 3.81. The third-order valence-corrected chi connectivity index (χ3v) is 2.04. The van der Waals surface area contributed by atoms with Gasteiger partial charge in [-0.3, -0.25) is 4.79 Å². The van der Waals surface area contributed by atoms with Crippen LogP contribution in [0.25, 0.3) is 0 Å². The van der Waals surface area contributed by atoms with E-state index in [1.165, 1.54) is 0 Å². The number of aromatic carboxylic acids is 1. The monoisotopic (exact) mass is 210 g/mol. The Morgan fingerprint density at radius 3 is 2.73 bits per heavy atom. The van der Waals surface area contributed by atoms with Crippen molar-refractivity contribution >= 4 is 5.97 Å². The summed E-state index contributed by atoms with van der Waals surface area (Å²) in [6.07, 6.45) is 2.68. The predicted molar refractivity (Wildman–Crippen MR) is 55.0 cm³/mol. The highest BCUT2D eigenvalue weighted by atomic mass is 16.4. The summed E-state index contributed by atoms with van der Waals surface area (Å²) in [5.41, 5.74) is -0.903. The normalized spacial score (nSPS) is 10.6. The van der Waals surface area contributed by atoms with Gasteiger partial charge in [-0.1, -0.05) is 13.8 Å². The molecule has 5 heteroatoms. The lowest BCUT2D eigenvalue weighted by Gasteiger charge is -2.03. The Labute approximate surface area is 87.2 Å². The van der Waals surface area contributed by atoms with Gasteiger partial charge in [0, 0.05) is 12.6 Å². The van der Waals surface area contributed by atoms with Crippen molar-refractivity contribution in [3.63, 3.8) is 0 Å². The van der Waals surface area contributed by atoms with Gasteiger partial charge in [0.05, 0.1) is 0 Å². The van der Waals surface area contributed by atoms with Crippen LogP contribution < -0.4 is 5.56 Å². The molecule has 1 heterocycles. The summed E-state index contributed by atoms with van der Waals surface area (Å²) in [5.74, 6) is -0.188. The van der Waals surface area contributed by atoms with Crippen LogP contribution in [0, 0.1) is 5.92 Å². The van der Waals surface area contributed by atoms with Crippen LogP contribution >= 0.6 is 0 Å². The fourth-order valence-corrected chi connectivity index (χ4v) is 1.14. The number of hydrogen-bond donors (Lipinski definition) is 2. The summed E-state index contributed by atoms with van der Waals surface area (Å²) >= 11 is 0. The largest absolute Gasteiger partial charge is 0.477 e. The Morgan fingerprint density at radius 1 is 1.60 bits per heavy atom. The van der Waals surface area contributed by atoms with Crippen LogP contribution in [0.2, 0.25) is 0 Å². The molecule has 0 aliphatic carbocycles. The van der Waals surface area contributed by atoms with Gasteiger partial charge in [-0.25, -0.2) is 9.78 Å². The van der Waals surface area contributed by atoms with Gasteiger partial charge in [0.1, 0.15) is 11.4 Å². The maximum absolute atomic E-state index is 11.2. The molecule has 0 aliphatic rings. The number of carbonyl (C=O) groups is 1. The average molecular weight is 210 g/mol. The average Bonchev–Trinajstić information content (AvgIpc) is 2.14. The summed E-state index contributed by atoms with van der Waals surface area (Å²) in [7, 11) is 0. The number of rotatable bonds is 4. The predicted octanol–water partition coefficient (Wildman–Crippen LogP) is 1.06. The van der Waals surface area contributed by atoms with Crippen LogP contribution in [-0.2, 0) is 6.42 Å². The summed E-state index contributed by atoms with van der Waals surface area (Å²) in [4.78, 5) is 28.2. The fraction of sp³-hybridized carbons (Fsp3) is 0.500. The number of hydrogen-bond acceptors (Lipinski definition) is 3. The molecule has 15 heavy (non-hydrogen) atoms. The van der Waals surface area contributed by atoms with E-state index in [2.05, 4.69) is 23.8 Å². The number of H-pyrrole nitrogens is 1. The SMILES string of the molecule is CC(C)CCc1ncc(C(=O)O)c(=O)[nH]1. The van der Waals surface area contributed by atoms with Gasteiger partial charge in [0.15, 0.2) is 0 Å². The molecule has 0 aliphatic heterocycles. The van der Waals surface area contributed by atoms with Crippen molar-refractivity contribution in [1.29, 1.82) is 0 Å². The molecule has 0 fully saturated rings. The third-order valence-electron chi connectivity index (χ3n) is 2.04. The third kappa shape index (κ3) is 3.19. The Bertz CT molecular complexity index is 409. The van der Waals surface area contributed by atoms with Crippen LogP contribution in [0.15, 0.2) is 11.0 Å². The number of carboxylic acids is 1. The molecule has 0 bridgehead atoms. The van der Waals surface area contributed by atoms with Gasteiger partial charge >= 0.3 is 5.97 Å². The van der Waals surface area contributed by atoms with Crippen molar-refractivity contribution in [2.75, 3.05) is 0 Å². The molecule has 1 aromatic rings. The molecule has 0 unspecified atom stereocenters. The van der Waals surface area contributed by atoms with Crippen molar-refractivity contribution in [2.24, 2.45) is 5.92 Å². The second kappa shape index (κ2) is 4.72. The van der Waals surface area contributed by atoms with Crippen molar-refractivity contribution in [3.05, 3.63) is 27.9 Å². The van der Waals surface area contributed by atoms with Crippen LogP contribution in [0.4, 0.5) is 0 Å². The van der Waals surface area contributed by atoms with E-state index in [-0.39, 0.29) is 5.56 Å². The smallest absolute Gasteiger partial charge is 0.342 e. The van der Waals surface area contributed by atoms with Gasteiger partial charge in [0.25, 0.3) is 5.56 Å². The first-order valence-electron chi connectivity index (χ1n) is 4.82. The van der Waals surface area contributed by atoms with Crippen molar-refractivity contribution in [3.8, 4) is 0 Å². The molecule has 0 saturated carbocycles. The minimum absolute atomic E-state index is 0.316. The van der Waals surface area contributed by atoms with Crippen LogP contribution in [-0.4, -0.2) is 21.0 Å². The molecule has 0 aromatic carbocycles. The quantitative estimate of drug-likeness (QED) is 0.778. The number of nitrogens with zero attached hydrogens (tertiary/aromatic N) is 1. The molecule has 0 spiro atoms. The molecule has 1 aromatic heterocycles. The number of aromatic nitrogens is 2. The lowest BCUT2D eigenvalue weighted by atomic mass is 10.1. The summed E-state index contributed by atoms with van der Waals surface area (Å²) in [6.45, 7) is 4.15. The van der Waals surface area contributed by atoms with Crippen molar-refractivity contribution in [1.82, 2.24) is 9.97 Å². The molecule has 5 nitrogen and oxygen atoms in total. The maximum Gasteiger partial charge on any atom is 0.342 e. The van der Waals surface area contributed by atoms with Crippen LogP contribution in [0.3, 0.4) is 0 Å². The number of nitrogens with one attached hydrogen (secondary N) is 1. The molecule has 82 valence electrons. The zero-order valence-electron chi connectivity index (χ0n) is 8.78. The standard InChI is InChI=1S/C10H14N2O3/c1-6(2)3-4-8-11-5-7(10(14)15)9(13)12-8/h5-6H,3-4H2,1-2H3,(H,14,15)(H,11,12,13). The molecule has 2 N–H and O–H groups in total. The minimum atomic E-state index is -1.25. The zero-order chi connectivity index (χ0) is 11.4. The Balaban J connectivity index is 2.83. The molecule has 0 radical (unpaired) electrons. The van der Waals surface area contributed by atoms with Gasteiger partial charge in [0.2, 0.25) is 0 Å². The number of carboxylic acid groups (broad SMARTS) is 1. The van der Waals surface area contributed by atoms with Crippen LogP contribution in [0.1, 0.15) is 36.5 Å². The molecular weight excluding hydrogens is 196 g/mol. The van der Waals surface area contributed by atoms with E-state index in [1.807, 2.05) is 0 Å². The number of aromatic amines is 1. The summed E-state index contributed by atoms with van der Waals surface area (Å²) in [5, 5.41) is 8.61. The lowest BCUT2D eigenvalue weighted by molar-refractivity contribution is 0.0694. The number of aryl methyl sites for hydroxylation is 1. The zero-order valence-corrected chi connectivity index (χ0v) is 8.78. The fourth-order valence-electron chi connectivity index (χ4n) is 1.14. The van der Waals surface area contributed by atoms with Crippen LogP contribution in [0.5, 0.6) is 0 Å². The topological polar surface area (TPSA) is 83.0 Å². The van der Waals surface area contributed by atoms with E-state index < -0.39 is 11.5 Å².